The van der Waals surface area contributed by atoms with Crippen LogP contribution in [0.1, 0.15) is 27.7 Å². The first-order chi connectivity index (χ1) is 4.31. The molecule has 0 aliphatic carbocycles. The number of hydrogen-bond acceptors (Lipinski definition) is 1. The van der Waals surface area contributed by atoms with Crippen LogP contribution in [-0.2, 0) is 4.65 Å². The molecule has 4 heteroatoms. The summed E-state index contributed by atoms with van der Waals surface area (Å²) in [6.07, 6.45) is 0. The average molecular weight is 138 g/mol. The van der Waals surface area contributed by atoms with E-state index in [1.54, 1.807) is 0 Å². The van der Waals surface area contributed by atoms with E-state index < -0.39 is 0 Å². The fourth-order valence-electron chi connectivity index (χ4n) is 0.577. The topological polar surface area (TPSA) is 9.23 Å². The summed E-state index contributed by atoms with van der Waals surface area (Å²) >= 11 is 0. The summed E-state index contributed by atoms with van der Waals surface area (Å²) in [7, 11) is 5.03. The maximum absolute atomic E-state index is 5.59. The van der Waals surface area contributed by atoms with E-state index in [0.29, 0.717) is 0 Å². The normalized spacial score (nSPS) is 13.2. The van der Waals surface area contributed by atoms with Gasteiger partial charge in [-0.1, -0.05) is 13.8 Å². The quantitative estimate of drug-likeness (QED) is 0.478. The Hall–Kier alpha value is 0.155. The molecule has 0 aliphatic rings. The third-order valence-electron chi connectivity index (χ3n) is 2.31. The molecule has 0 N–H and O–H groups in total. The summed E-state index contributed by atoms with van der Waals surface area (Å²) in [5.74, 6) is 0. The van der Waals surface area contributed by atoms with Gasteiger partial charge in [0, 0.05) is 5.60 Å². The Kier molecular flexibility index (Phi) is 3.09. The largest absolute Gasteiger partial charge is 0.445 e. The fourth-order valence-corrected chi connectivity index (χ4v) is 0.577. The highest BCUT2D eigenvalue weighted by molar-refractivity contribution is 6.85. The molecule has 10 heavy (non-hydrogen) atoms. The van der Waals surface area contributed by atoms with Crippen molar-refractivity contribution in [1.82, 2.24) is 0 Å². The molecule has 0 amide bonds. The zero-order chi connectivity index (χ0) is 8.41. The van der Waals surface area contributed by atoms with E-state index in [0.717, 1.165) is 7.37 Å². The van der Waals surface area contributed by atoms with Gasteiger partial charge in [-0.05, 0) is 19.2 Å². The highest BCUT2D eigenvalue weighted by Crippen LogP contribution is 2.36. The van der Waals surface area contributed by atoms with Gasteiger partial charge >= 0.3 is 0 Å². The van der Waals surface area contributed by atoms with Crippen molar-refractivity contribution in [2.75, 3.05) is 0 Å². The van der Waals surface area contributed by atoms with Crippen LogP contribution in [0.2, 0.25) is 5.31 Å². The maximum Gasteiger partial charge on any atom is 0.230 e. The van der Waals surface area contributed by atoms with Crippen molar-refractivity contribution in [3.05, 3.63) is 0 Å². The predicted molar refractivity (Wildman–Crippen MR) is 53.4 cm³/mol. The van der Waals surface area contributed by atoms with Crippen LogP contribution >= 0.6 is 0 Å². The molecule has 0 aromatic heterocycles. The molecule has 0 bridgehead atoms. The third kappa shape index (κ3) is 2.41. The van der Waals surface area contributed by atoms with Crippen molar-refractivity contribution in [2.24, 2.45) is 0 Å². The first-order valence-electron chi connectivity index (χ1n) is 3.95. The van der Waals surface area contributed by atoms with E-state index in [1.165, 1.54) is 0 Å². The van der Waals surface area contributed by atoms with E-state index in [9.17, 15) is 0 Å². The molecule has 0 radical (unpaired) electrons. The second-order valence-corrected chi connectivity index (χ2v) is 4.19. The molecule has 0 rings (SSSR count). The fraction of sp³-hybridized carbons (Fsp3) is 1.00. The minimum absolute atomic E-state index is 0.0122. The van der Waals surface area contributed by atoms with Crippen LogP contribution in [-0.4, -0.2) is 28.6 Å². The average Bonchev–Trinajstić information content (AvgIpc) is 1.61. The maximum atomic E-state index is 5.59. The van der Waals surface area contributed by atoms with Crippen LogP contribution in [0, 0.1) is 0 Å². The Morgan fingerprint density at radius 2 is 1.60 bits per heavy atom. The summed E-state index contributed by atoms with van der Waals surface area (Å²) in [6, 6.07) is 0. The Morgan fingerprint density at radius 1 is 1.20 bits per heavy atom. The van der Waals surface area contributed by atoms with Gasteiger partial charge in [0.25, 0.3) is 0 Å². The molecule has 0 heterocycles. The molecular weight excluding hydrogens is 121 g/mol. The molecule has 0 atom stereocenters. The highest BCUT2D eigenvalue weighted by Gasteiger charge is 2.32. The van der Waals surface area contributed by atoms with Gasteiger partial charge in [0.05, 0.1) is 0 Å². The summed E-state index contributed by atoms with van der Waals surface area (Å²) in [5.41, 5.74) is -0.0122. The Bertz CT molecular complexity index is 106. The summed E-state index contributed by atoms with van der Waals surface area (Å²) in [4.78, 5) is 0. The highest BCUT2D eigenvalue weighted by atomic mass is 16.5. The van der Waals surface area contributed by atoms with E-state index in [2.05, 4.69) is 35.5 Å². The van der Waals surface area contributed by atoms with Gasteiger partial charge in [-0.25, -0.2) is 0 Å². The lowest BCUT2D eigenvalue weighted by Gasteiger charge is -2.39. The zero-order valence-corrected chi connectivity index (χ0v) is 8.12. The number of hydrogen-bond donors (Lipinski definition) is 0. The van der Waals surface area contributed by atoms with Crippen molar-refractivity contribution in [1.29, 1.82) is 0 Å². The standard InChI is InChI=1S/C6H17B3O/c1-5(2,7)6(3,4)10-9-8/h9H,7-8H2,1-4H3. The van der Waals surface area contributed by atoms with Crippen molar-refractivity contribution >= 4 is 23.0 Å². The molecule has 0 unspecified atom stereocenters. The first-order valence-corrected chi connectivity index (χ1v) is 3.95. The lowest BCUT2D eigenvalue weighted by Crippen LogP contribution is -2.38. The molecule has 0 aromatic carbocycles. The van der Waals surface area contributed by atoms with Crippen LogP contribution in [0.4, 0.5) is 0 Å². The second kappa shape index (κ2) is 3.04. The van der Waals surface area contributed by atoms with E-state index in [1.807, 2.05) is 7.74 Å². The van der Waals surface area contributed by atoms with E-state index in [-0.39, 0.29) is 10.9 Å². The smallest absolute Gasteiger partial charge is 0.230 e. The molecule has 0 saturated carbocycles. The van der Waals surface area contributed by atoms with Crippen molar-refractivity contribution in [3.63, 3.8) is 0 Å². The van der Waals surface area contributed by atoms with Gasteiger partial charge in [0.2, 0.25) is 7.37 Å². The number of rotatable bonds is 3. The summed E-state index contributed by atoms with van der Waals surface area (Å²) < 4.78 is 5.59. The Balaban J connectivity index is 4.10. The van der Waals surface area contributed by atoms with Gasteiger partial charge in [0.1, 0.15) is 15.6 Å². The molecule has 1 nitrogen and oxygen atoms in total. The van der Waals surface area contributed by atoms with E-state index >= 15 is 0 Å². The van der Waals surface area contributed by atoms with Gasteiger partial charge in [-0.15, -0.1) is 0 Å². The van der Waals surface area contributed by atoms with Crippen LogP contribution < -0.4 is 0 Å². The first kappa shape index (κ1) is 10.2. The molecule has 0 aromatic rings. The minimum atomic E-state index is -0.0122. The molecule has 0 aliphatic heterocycles. The van der Waals surface area contributed by atoms with Gasteiger partial charge in [0.15, 0.2) is 0 Å². The van der Waals surface area contributed by atoms with E-state index in [4.69, 9.17) is 4.65 Å². The SMILES string of the molecule is BBOC(C)(C)C(B)(C)C. The summed E-state index contributed by atoms with van der Waals surface area (Å²) in [5, 5.41) is 0.225. The lowest BCUT2D eigenvalue weighted by molar-refractivity contribution is 0.0782. The second-order valence-electron chi connectivity index (χ2n) is 4.19. The van der Waals surface area contributed by atoms with Crippen LogP contribution in [0.5, 0.6) is 0 Å². The van der Waals surface area contributed by atoms with Crippen LogP contribution in [0.25, 0.3) is 0 Å². The van der Waals surface area contributed by atoms with Gasteiger partial charge in [-0.3, -0.25) is 0 Å². The molecule has 0 spiro atoms. The zero-order valence-electron chi connectivity index (χ0n) is 8.12. The van der Waals surface area contributed by atoms with Crippen molar-refractivity contribution < 1.29 is 4.65 Å². The van der Waals surface area contributed by atoms with Crippen molar-refractivity contribution in [2.45, 2.75) is 38.6 Å². The lowest BCUT2D eigenvalue weighted by atomic mass is 9.60. The monoisotopic (exact) mass is 138 g/mol. The molecule has 0 fully saturated rings. The Morgan fingerprint density at radius 3 is 1.70 bits per heavy atom. The Labute approximate surface area is 67.0 Å². The van der Waals surface area contributed by atoms with Gasteiger partial charge in [-0.2, -0.15) is 0 Å². The third-order valence-corrected chi connectivity index (χ3v) is 2.31. The molecular formula is C6H17B3O. The minimum Gasteiger partial charge on any atom is -0.445 e. The summed E-state index contributed by atoms with van der Waals surface area (Å²) in [6.45, 7) is 8.66. The predicted octanol–water partition coefficient (Wildman–Crippen LogP) is -0.487. The molecule has 0 saturated heterocycles. The van der Waals surface area contributed by atoms with Crippen molar-refractivity contribution in [3.8, 4) is 0 Å². The van der Waals surface area contributed by atoms with Crippen LogP contribution in [0.15, 0.2) is 0 Å². The van der Waals surface area contributed by atoms with Crippen LogP contribution in [0.3, 0.4) is 0 Å². The van der Waals surface area contributed by atoms with Gasteiger partial charge < -0.3 is 4.65 Å². The molecule has 56 valence electrons.